The van der Waals surface area contributed by atoms with Crippen molar-refractivity contribution in [1.82, 2.24) is 5.32 Å². The maximum atomic E-state index is 10.9. The van der Waals surface area contributed by atoms with Gasteiger partial charge < -0.3 is 10.4 Å². The van der Waals surface area contributed by atoms with Gasteiger partial charge in [0, 0.05) is 10.9 Å². The Balaban J connectivity index is 2.09. The number of carbonyl (C=O) groups excluding carboxylic acids is 1. The molecule has 4 nitrogen and oxygen atoms in total. The van der Waals surface area contributed by atoms with Gasteiger partial charge in [-0.25, -0.2) is 0 Å². The summed E-state index contributed by atoms with van der Waals surface area (Å²) in [4.78, 5) is 23.2. The first-order valence-electron chi connectivity index (χ1n) is 5.22. The average molecular weight is 239 g/mol. The first-order valence-corrected chi connectivity index (χ1v) is 6.03. The molecule has 1 aliphatic rings. The van der Waals surface area contributed by atoms with E-state index in [1.54, 1.807) is 6.07 Å². The van der Waals surface area contributed by atoms with Crippen molar-refractivity contribution >= 4 is 23.6 Å². The van der Waals surface area contributed by atoms with Crippen LogP contribution in [0.15, 0.2) is 12.1 Å². The number of hydrogen-bond acceptors (Lipinski definition) is 4. The molecule has 0 amide bonds. The molecule has 16 heavy (non-hydrogen) atoms. The van der Waals surface area contributed by atoms with E-state index < -0.39 is 5.97 Å². The van der Waals surface area contributed by atoms with Crippen molar-refractivity contribution in [2.75, 3.05) is 6.54 Å². The van der Waals surface area contributed by atoms with Gasteiger partial charge in [0.05, 0.1) is 10.8 Å². The van der Waals surface area contributed by atoms with Crippen LogP contribution in [-0.2, 0) is 4.79 Å². The number of carboxylic acids is 1. The minimum absolute atomic E-state index is 0.0774. The van der Waals surface area contributed by atoms with Crippen LogP contribution in [0, 0.1) is 5.92 Å². The van der Waals surface area contributed by atoms with E-state index in [1.165, 1.54) is 11.3 Å². The second kappa shape index (κ2) is 4.76. The molecular weight excluding hydrogens is 226 g/mol. The predicted molar refractivity (Wildman–Crippen MR) is 60.8 cm³/mol. The molecular formula is C11H13NO3S. The Morgan fingerprint density at radius 2 is 2.38 bits per heavy atom. The van der Waals surface area contributed by atoms with E-state index in [0.717, 1.165) is 17.7 Å². The Morgan fingerprint density at radius 1 is 1.56 bits per heavy atom. The molecule has 1 aromatic rings. The van der Waals surface area contributed by atoms with Crippen molar-refractivity contribution in [3.05, 3.63) is 21.9 Å². The van der Waals surface area contributed by atoms with Gasteiger partial charge in [0.1, 0.15) is 0 Å². The first-order chi connectivity index (χ1) is 7.70. The van der Waals surface area contributed by atoms with Gasteiger partial charge in [-0.05, 0) is 31.5 Å². The van der Waals surface area contributed by atoms with Crippen LogP contribution in [0.25, 0.3) is 0 Å². The third kappa shape index (κ3) is 2.31. The fourth-order valence-corrected chi connectivity index (χ4v) is 2.89. The SMILES string of the molecule is O=Cc1ccc(C2CC(C(=O)O)CCN2)s1. The van der Waals surface area contributed by atoms with Gasteiger partial charge in [0.25, 0.3) is 0 Å². The molecule has 2 rings (SSSR count). The Hall–Kier alpha value is -1.20. The van der Waals surface area contributed by atoms with E-state index in [9.17, 15) is 9.59 Å². The number of carbonyl (C=O) groups is 2. The second-order valence-electron chi connectivity index (χ2n) is 3.92. The van der Waals surface area contributed by atoms with Gasteiger partial charge >= 0.3 is 5.97 Å². The summed E-state index contributed by atoms with van der Waals surface area (Å²) in [5.74, 6) is -0.994. The first kappa shape index (κ1) is 11.3. The molecule has 2 heterocycles. The summed E-state index contributed by atoms with van der Waals surface area (Å²) in [5.41, 5.74) is 0. The largest absolute Gasteiger partial charge is 0.481 e. The topological polar surface area (TPSA) is 66.4 Å². The van der Waals surface area contributed by atoms with Crippen LogP contribution in [0.3, 0.4) is 0 Å². The van der Waals surface area contributed by atoms with Crippen LogP contribution < -0.4 is 5.32 Å². The fraction of sp³-hybridized carbons (Fsp3) is 0.455. The van der Waals surface area contributed by atoms with Crippen molar-refractivity contribution in [3.8, 4) is 0 Å². The van der Waals surface area contributed by atoms with Gasteiger partial charge in [-0.15, -0.1) is 11.3 Å². The molecule has 0 radical (unpaired) electrons. The lowest BCUT2D eigenvalue weighted by atomic mass is 9.92. The zero-order chi connectivity index (χ0) is 11.5. The highest BCUT2D eigenvalue weighted by atomic mass is 32.1. The van der Waals surface area contributed by atoms with E-state index >= 15 is 0 Å². The van der Waals surface area contributed by atoms with E-state index in [-0.39, 0.29) is 12.0 Å². The summed E-state index contributed by atoms with van der Waals surface area (Å²) in [6, 6.07) is 3.75. The molecule has 0 aliphatic carbocycles. The predicted octanol–water partition coefficient (Wildman–Crippen LogP) is 1.69. The Bertz CT molecular complexity index is 402. The van der Waals surface area contributed by atoms with Crippen LogP contribution in [0.5, 0.6) is 0 Å². The van der Waals surface area contributed by atoms with Crippen LogP contribution in [0.1, 0.15) is 33.4 Å². The molecule has 2 atom stereocenters. The monoisotopic (exact) mass is 239 g/mol. The molecule has 0 aromatic carbocycles. The smallest absolute Gasteiger partial charge is 0.306 e. The number of thiophene rings is 1. The van der Waals surface area contributed by atoms with Gasteiger partial charge in [0.15, 0.2) is 6.29 Å². The van der Waals surface area contributed by atoms with Gasteiger partial charge in [-0.1, -0.05) is 0 Å². The van der Waals surface area contributed by atoms with Crippen molar-refractivity contribution in [1.29, 1.82) is 0 Å². The van der Waals surface area contributed by atoms with Crippen LogP contribution in [-0.4, -0.2) is 23.9 Å². The van der Waals surface area contributed by atoms with Gasteiger partial charge in [-0.3, -0.25) is 9.59 Å². The summed E-state index contributed by atoms with van der Waals surface area (Å²) in [6.07, 6.45) is 2.11. The Labute approximate surface area is 97.3 Å². The molecule has 0 spiro atoms. The van der Waals surface area contributed by atoms with Crippen molar-refractivity contribution < 1.29 is 14.7 Å². The van der Waals surface area contributed by atoms with Crippen LogP contribution in [0.4, 0.5) is 0 Å². The minimum atomic E-state index is -0.723. The minimum Gasteiger partial charge on any atom is -0.481 e. The van der Waals surface area contributed by atoms with E-state index in [1.807, 2.05) is 6.07 Å². The number of carboxylic acid groups (broad SMARTS) is 1. The quantitative estimate of drug-likeness (QED) is 0.788. The molecule has 86 valence electrons. The fourth-order valence-electron chi connectivity index (χ4n) is 1.98. The van der Waals surface area contributed by atoms with E-state index in [4.69, 9.17) is 5.11 Å². The molecule has 1 fully saturated rings. The van der Waals surface area contributed by atoms with Crippen LogP contribution in [0.2, 0.25) is 0 Å². The van der Waals surface area contributed by atoms with E-state index in [0.29, 0.717) is 17.7 Å². The third-order valence-electron chi connectivity index (χ3n) is 2.86. The molecule has 1 aliphatic heterocycles. The number of aliphatic carboxylic acids is 1. The lowest BCUT2D eigenvalue weighted by Crippen LogP contribution is -2.34. The summed E-state index contributed by atoms with van der Waals surface area (Å²) in [7, 11) is 0. The molecule has 0 saturated carbocycles. The third-order valence-corrected chi connectivity index (χ3v) is 3.98. The molecule has 1 saturated heterocycles. The van der Waals surface area contributed by atoms with Gasteiger partial charge in [-0.2, -0.15) is 0 Å². The average Bonchev–Trinajstić information content (AvgIpc) is 2.77. The second-order valence-corrected chi connectivity index (χ2v) is 5.07. The number of aldehydes is 1. The zero-order valence-electron chi connectivity index (χ0n) is 8.68. The summed E-state index contributed by atoms with van der Waals surface area (Å²) >= 11 is 1.43. The highest BCUT2D eigenvalue weighted by molar-refractivity contribution is 7.13. The van der Waals surface area contributed by atoms with Crippen molar-refractivity contribution in [2.45, 2.75) is 18.9 Å². The highest BCUT2D eigenvalue weighted by Crippen LogP contribution is 2.31. The van der Waals surface area contributed by atoms with E-state index in [2.05, 4.69) is 5.32 Å². The molecule has 0 bridgehead atoms. The standard InChI is InChI=1S/C11H13NO3S/c13-6-8-1-2-10(16-8)9-5-7(11(14)15)3-4-12-9/h1-2,6-7,9,12H,3-5H2,(H,14,15). The normalized spacial score (nSPS) is 25.2. The summed E-state index contributed by atoms with van der Waals surface area (Å²) in [6.45, 7) is 0.718. The summed E-state index contributed by atoms with van der Waals surface area (Å²) < 4.78 is 0. The van der Waals surface area contributed by atoms with Crippen molar-refractivity contribution in [2.24, 2.45) is 5.92 Å². The zero-order valence-corrected chi connectivity index (χ0v) is 9.50. The molecule has 2 unspecified atom stereocenters. The Kier molecular flexibility index (Phi) is 3.36. The maximum absolute atomic E-state index is 10.9. The number of hydrogen-bond donors (Lipinski definition) is 2. The van der Waals surface area contributed by atoms with Crippen LogP contribution >= 0.6 is 11.3 Å². The maximum Gasteiger partial charge on any atom is 0.306 e. The lowest BCUT2D eigenvalue weighted by molar-refractivity contribution is -0.142. The number of piperidine rings is 1. The number of nitrogens with one attached hydrogen (secondary N) is 1. The summed E-state index contributed by atoms with van der Waals surface area (Å²) in [5, 5.41) is 12.3. The lowest BCUT2D eigenvalue weighted by Gasteiger charge is -2.27. The number of rotatable bonds is 3. The molecule has 2 N–H and O–H groups in total. The molecule has 1 aromatic heterocycles. The highest BCUT2D eigenvalue weighted by Gasteiger charge is 2.28. The van der Waals surface area contributed by atoms with Crippen molar-refractivity contribution in [3.63, 3.8) is 0 Å². The molecule has 5 heteroatoms. The van der Waals surface area contributed by atoms with Gasteiger partial charge in [0.2, 0.25) is 0 Å². The Morgan fingerprint density at radius 3 is 3.00 bits per heavy atom.